The molecule has 8 nitrogen and oxygen atoms in total. The third-order valence-corrected chi connectivity index (χ3v) is 3.64. The maximum Gasteiger partial charge on any atom is 0.261 e. The largest absolute Gasteiger partial charge is 0.355 e. The molecular weight excluding hydrogens is 312 g/mol. The second-order valence-corrected chi connectivity index (χ2v) is 5.35. The Morgan fingerprint density at radius 3 is 2.17 bits per heavy atom. The number of hydrogen-bond acceptors (Lipinski definition) is 5. The molecule has 0 bridgehead atoms. The Labute approximate surface area is 139 Å². The van der Waals surface area contributed by atoms with Gasteiger partial charge in [0, 0.05) is 13.1 Å². The Morgan fingerprint density at radius 1 is 0.958 bits per heavy atom. The molecule has 1 heterocycles. The zero-order valence-corrected chi connectivity index (χ0v) is 13.2. The number of carbonyl (C=O) groups excluding carboxylic acids is 4. The molecule has 8 heteroatoms. The van der Waals surface area contributed by atoms with Crippen LogP contribution in [0.1, 0.15) is 33.6 Å². The molecule has 128 valence electrons. The number of hydrogen-bond donors (Lipinski definition) is 3. The zero-order chi connectivity index (χ0) is 17.5. The highest BCUT2D eigenvalue weighted by Gasteiger charge is 2.34. The molecule has 4 amide bonds. The summed E-state index contributed by atoms with van der Waals surface area (Å²) in [6.07, 6.45) is 1.20. The van der Waals surface area contributed by atoms with Crippen molar-refractivity contribution >= 4 is 23.6 Å². The molecule has 0 saturated carbocycles. The molecule has 0 saturated heterocycles. The van der Waals surface area contributed by atoms with Crippen LogP contribution in [-0.2, 0) is 9.59 Å². The third kappa shape index (κ3) is 4.17. The minimum absolute atomic E-state index is 0.117. The maximum absolute atomic E-state index is 12.1. The molecule has 0 radical (unpaired) electrons. The molecule has 0 spiro atoms. The minimum Gasteiger partial charge on any atom is -0.355 e. The molecule has 1 aromatic carbocycles. The van der Waals surface area contributed by atoms with E-state index in [-0.39, 0.29) is 30.8 Å². The first kappa shape index (κ1) is 17.6. The van der Waals surface area contributed by atoms with Gasteiger partial charge in [0.05, 0.1) is 24.2 Å². The fourth-order valence-corrected chi connectivity index (χ4v) is 2.38. The van der Waals surface area contributed by atoms with Crippen LogP contribution < -0.4 is 16.4 Å². The lowest BCUT2D eigenvalue weighted by Crippen LogP contribution is -2.39. The van der Waals surface area contributed by atoms with Crippen LogP contribution >= 0.6 is 0 Å². The van der Waals surface area contributed by atoms with Crippen molar-refractivity contribution in [2.24, 2.45) is 5.73 Å². The van der Waals surface area contributed by atoms with Gasteiger partial charge in [0.15, 0.2) is 0 Å². The highest BCUT2D eigenvalue weighted by Crippen LogP contribution is 2.22. The Kier molecular flexibility index (Phi) is 6.02. The summed E-state index contributed by atoms with van der Waals surface area (Å²) in [4.78, 5) is 47.9. The Hall–Kier alpha value is -2.74. The molecule has 1 aliphatic heterocycles. The van der Waals surface area contributed by atoms with Crippen molar-refractivity contribution in [2.45, 2.75) is 12.8 Å². The maximum atomic E-state index is 12.1. The number of imide groups is 1. The number of rotatable bonds is 8. The van der Waals surface area contributed by atoms with Gasteiger partial charge in [-0.15, -0.1) is 0 Å². The van der Waals surface area contributed by atoms with Gasteiger partial charge in [0.2, 0.25) is 11.8 Å². The van der Waals surface area contributed by atoms with E-state index in [1.807, 2.05) is 0 Å². The van der Waals surface area contributed by atoms with Gasteiger partial charge in [-0.3, -0.25) is 24.1 Å². The van der Waals surface area contributed by atoms with E-state index in [0.717, 1.165) is 0 Å². The summed E-state index contributed by atoms with van der Waals surface area (Å²) >= 11 is 0. The second-order valence-electron chi connectivity index (χ2n) is 5.35. The van der Waals surface area contributed by atoms with E-state index in [1.165, 1.54) is 4.90 Å². The number of benzene rings is 1. The van der Waals surface area contributed by atoms with Crippen molar-refractivity contribution in [1.29, 1.82) is 0 Å². The van der Waals surface area contributed by atoms with E-state index in [2.05, 4.69) is 10.6 Å². The highest BCUT2D eigenvalue weighted by molar-refractivity contribution is 6.21. The normalized spacial score (nSPS) is 13.0. The first-order valence-electron chi connectivity index (χ1n) is 7.73. The van der Waals surface area contributed by atoms with Crippen molar-refractivity contribution < 1.29 is 19.2 Å². The number of unbranched alkanes of at least 4 members (excludes halogenated alkanes) is 1. The van der Waals surface area contributed by atoms with E-state index in [1.54, 1.807) is 24.3 Å². The fourth-order valence-electron chi connectivity index (χ4n) is 2.38. The Bertz CT molecular complexity index is 624. The highest BCUT2D eigenvalue weighted by atomic mass is 16.2. The summed E-state index contributed by atoms with van der Waals surface area (Å²) < 4.78 is 0. The SMILES string of the molecule is NCC(=O)NCC(=O)NCCCCN1C(=O)c2ccccc2C1=O. The predicted octanol–water partition coefficient (Wildman–Crippen LogP) is -0.746. The van der Waals surface area contributed by atoms with Gasteiger partial charge < -0.3 is 16.4 Å². The minimum atomic E-state index is -0.393. The van der Waals surface area contributed by atoms with E-state index in [0.29, 0.717) is 37.1 Å². The van der Waals surface area contributed by atoms with Gasteiger partial charge in [-0.2, -0.15) is 0 Å². The van der Waals surface area contributed by atoms with Crippen molar-refractivity contribution in [3.63, 3.8) is 0 Å². The summed E-state index contributed by atoms with van der Waals surface area (Å²) in [6, 6.07) is 6.75. The molecule has 1 aliphatic rings. The lowest BCUT2D eigenvalue weighted by Gasteiger charge is -2.13. The van der Waals surface area contributed by atoms with Gasteiger partial charge in [-0.1, -0.05) is 12.1 Å². The van der Waals surface area contributed by atoms with Crippen LogP contribution in [-0.4, -0.2) is 54.7 Å². The number of nitrogens with two attached hydrogens (primary N) is 1. The van der Waals surface area contributed by atoms with Crippen molar-refractivity contribution in [3.05, 3.63) is 35.4 Å². The number of amides is 4. The number of nitrogens with one attached hydrogen (secondary N) is 2. The number of carbonyl (C=O) groups is 4. The van der Waals surface area contributed by atoms with Crippen molar-refractivity contribution in [2.75, 3.05) is 26.2 Å². The van der Waals surface area contributed by atoms with E-state index >= 15 is 0 Å². The number of nitrogens with zero attached hydrogens (tertiary/aromatic N) is 1. The van der Waals surface area contributed by atoms with E-state index in [4.69, 9.17) is 5.73 Å². The fraction of sp³-hybridized carbons (Fsp3) is 0.375. The van der Waals surface area contributed by atoms with Gasteiger partial charge in [0.1, 0.15) is 0 Å². The van der Waals surface area contributed by atoms with Crippen molar-refractivity contribution in [3.8, 4) is 0 Å². The van der Waals surface area contributed by atoms with Gasteiger partial charge >= 0.3 is 0 Å². The molecule has 0 aliphatic carbocycles. The first-order valence-corrected chi connectivity index (χ1v) is 7.73. The second kappa shape index (κ2) is 8.21. The van der Waals surface area contributed by atoms with Gasteiger partial charge in [0.25, 0.3) is 11.8 Å². The first-order chi connectivity index (χ1) is 11.5. The predicted molar refractivity (Wildman–Crippen MR) is 86.1 cm³/mol. The molecule has 1 aromatic rings. The van der Waals surface area contributed by atoms with Crippen molar-refractivity contribution in [1.82, 2.24) is 15.5 Å². The average Bonchev–Trinajstić information content (AvgIpc) is 2.84. The van der Waals surface area contributed by atoms with Crippen LogP contribution in [0.5, 0.6) is 0 Å². The lowest BCUT2D eigenvalue weighted by atomic mass is 10.1. The van der Waals surface area contributed by atoms with Gasteiger partial charge in [-0.05, 0) is 25.0 Å². The molecule has 0 aromatic heterocycles. The van der Waals surface area contributed by atoms with Crippen LogP contribution in [0.3, 0.4) is 0 Å². The molecule has 0 fully saturated rings. The molecule has 0 atom stereocenters. The van der Waals surface area contributed by atoms with Gasteiger partial charge in [-0.25, -0.2) is 0 Å². The molecule has 2 rings (SSSR count). The molecular formula is C16H20N4O4. The smallest absolute Gasteiger partial charge is 0.261 e. The summed E-state index contributed by atoms with van der Waals surface area (Å²) in [5.41, 5.74) is 5.98. The monoisotopic (exact) mass is 332 g/mol. The summed E-state index contributed by atoms with van der Waals surface area (Å²) in [5, 5.41) is 5.01. The van der Waals surface area contributed by atoms with Crippen LogP contribution in [0.4, 0.5) is 0 Å². The summed E-state index contributed by atoms with van der Waals surface area (Å²) in [6.45, 7) is 0.439. The quantitative estimate of drug-likeness (QED) is 0.427. The standard InChI is InChI=1S/C16H20N4O4/c17-9-13(21)19-10-14(22)18-7-3-4-8-20-15(23)11-5-1-2-6-12(11)16(20)24/h1-2,5-6H,3-4,7-10,17H2,(H,18,22)(H,19,21). The molecule has 0 unspecified atom stereocenters. The topological polar surface area (TPSA) is 122 Å². The summed E-state index contributed by atoms with van der Waals surface area (Å²) in [7, 11) is 0. The van der Waals surface area contributed by atoms with Crippen LogP contribution in [0, 0.1) is 0 Å². The van der Waals surface area contributed by atoms with Crippen LogP contribution in [0.2, 0.25) is 0 Å². The van der Waals surface area contributed by atoms with E-state index < -0.39 is 5.91 Å². The third-order valence-electron chi connectivity index (χ3n) is 3.64. The number of fused-ring (bicyclic) bond motifs is 1. The zero-order valence-electron chi connectivity index (χ0n) is 13.2. The molecule has 24 heavy (non-hydrogen) atoms. The van der Waals surface area contributed by atoms with E-state index in [9.17, 15) is 19.2 Å². The van der Waals surface area contributed by atoms with Crippen LogP contribution in [0.15, 0.2) is 24.3 Å². The van der Waals surface area contributed by atoms with Crippen LogP contribution in [0.25, 0.3) is 0 Å². The Morgan fingerprint density at radius 2 is 1.58 bits per heavy atom. The lowest BCUT2D eigenvalue weighted by molar-refractivity contribution is -0.125. The summed E-state index contributed by atoms with van der Waals surface area (Å²) in [5.74, 6) is -1.25. The Balaban J connectivity index is 1.67. The molecule has 4 N–H and O–H groups in total. The average molecular weight is 332 g/mol.